The second kappa shape index (κ2) is 6.41. The first-order chi connectivity index (χ1) is 8.66. The summed E-state index contributed by atoms with van der Waals surface area (Å²) in [5.41, 5.74) is 3.05. The van der Waals surface area contributed by atoms with E-state index in [1.54, 1.807) is 0 Å². The van der Waals surface area contributed by atoms with Crippen LogP contribution in [-0.2, 0) is 0 Å². The summed E-state index contributed by atoms with van der Waals surface area (Å²) in [6, 6.07) is 1.27. The molecule has 2 N–H and O–H groups in total. The third-order valence-electron chi connectivity index (χ3n) is 4.36. The zero-order valence-corrected chi connectivity index (χ0v) is 11.7. The average molecular weight is 253 g/mol. The molecule has 1 saturated carbocycles. The summed E-state index contributed by atoms with van der Waals surface area (Å²) in [5, 5.41) is 5.24. The van der Waals surface area contributed by atoms with E-state index < -0.39 is 0 Å². The Labute approximate surface area is 110 Å². The summed E-state index contributed by atoms with van der Waals surface area (Å²) < 4.78 is 0. The van der Waals surface area contributed by atoms with Crippen LogP contribution < -0.4 is 10.7 Å². The zero-order valence-electron chi connectivity index (χ0n) is 11.7. The van der Waals surface area contributed by atoms with Gasteiger partial charge in [0.15, 0.2) is 0 Å². The van der Waals surface area contributed by atoms with Crippen LogP contribution in [0.1, 0.15) is 65.2 Å². The van der Waals surface area contributed by atoms with E-state index in [1.165, 1.54) is 38.5 Å². The van der Waals surface area contributed by atoms with Gasteiger partial charge in [-0.2, -0.15) is 0 Å². The third-order valence-corrected chi connectivity index (χ3v) is 4.36. The summed E-state index contributed by atoms with van der Waals surface area (Å²) >= 11 is 0. The topological polar surface area (TPSA) is 44.4 Å². The highest BCUT2D eigenvalue weighted by molar-refractivity contribution is 5.73. The molecule has 0 spiro atoms. The molecule has 2 atom stereocenters. The minimum Gasteiger partial charge on any atom is -0.334 e. The first-order valence-corrected chi connectivity index (χ1v) is 7.52. The molecule has 0 radical (unpaired) electrons. The molecule has 0 aromatic carbocycles. The maximum absolute atomic E-state index is 12.0. The van der Waals surface area contributed by atoms with Crippen molar-refractivity contribution in [1.29, 1.82) is 0 Å². The van der Waals surface area contributed by atoms with Crippen molar-refractivity contribution in [2.45, 2.75) is 83.3 Å². The van der Waals surface area contributed by atoms with Crippen molar-refractivity contribution >= 4 is 6.03 Å². The molecule has 4 nitrogen and oxygen atoms in total. The molecule has 1 saturated heterocycles. The van der Waals surface area contributed by atoms with Crippen molar-refractivity contribution in [3.8, 4) is 0 Å². The van der Waals surface area contributed by atoms with E-state index in [4.69, 9.17) is 0 Å². The molecule has 0 aromatic heterocycles. The van der Waals surface area contributed by atoms with Gasteiger partial charge in [-0.15, -0.1) is 0 Å². The number of nitrogens with zero attached hydrogens (tertiary/aromatic N) is 1. The predicted molar refractivity (Wildman–Crippen MR) is 73.2 cm³/mol. The highest BCUT2D eigenvalue weighted by Gasteiger charge is 2.26. The molecule has 0 bridgehead atoms. The lowest BCUT2D eigenvalue weighted by molar-refractivity contribution is 0.0585. The van der Waals surface area contributed by atoms with Crippen LogP contribution in [0.25, 0.3) is 0 Å². The molecule has 0 unspecified atom stereocenters. The van der Waals surface area contributed by atoms with Gasteiger partial charge < -0.3 is 5.32 Å². The fourth-order valence-corrected chi connectivity index (χ4v) is 3.22. The quantitative estimate of drug-likeness (QED) is 0.795. The standard InChI is InChI=1S/C14H27N3O/c1-11-7-6-8-12(2)17(11)16-14(18)15-13-9-4-3-5-10-13/h11-13H,3-10H2,1-2H3,(H2,15,16,18)/t11-,12+. The first kappa shape index (κ1) is 13.7. The number of carbonyl (C=O) groups is 1. The van der Waals surface area contributed by atoms with Gasteiger partial charge in [-0.3, -0.25) is 5.43 Å². The van der Waals surface area contributed by atoms with Crippen molar-refractivity contribution < 1.29 is 4.79 Å². The fraction of sp³-hybridized carbons (Fsp3) is 0.929. The van der Waals surface area contributed by atoms with E-state index in [2.05, 4.69) is 29.6 Å². The molecule has 2 rings (SSSR count). The lowest BCUT2D eigenvalue weighted by atomic mass is 9.96. The molecule has 18 heavy (non-hydrogen) atoms. The molecule has 104 valence electrons. The summed E-state index contributed by atoms with van der Waals surface area (Å²) in [4.78, 5) is 12.0. The van der Waals surface area contributed by atoms with Crippen LogP contribution in [0.3, 0.4) is 0 Å². The van der Waals surface area contributed by atoms with Gasteiger partial charge in [0.25, 0.3) is 0 Å². The number of carbonyl (C=O) groups excluding carboxylic acids is 1. The number of urea groups is 1. The van der Waals surface area contributed by atoms with Crippen molar-refractivity contribution in [2.75, 3.05) is 0 Å². The van der Waals surface area contributed by atoms with E-state index in [-0.39, 0.29) is 6.03 Å². The highest BCUT2D eigenvalue weighted by Crippen LogP contribution is 2.20. The third kappa shape index (κ3) is 3.61. The number of piperidine rings is 1. The lowest BCUT2D eigenvalue weighted by Crippen LogP contribution is -2.57. The Hall–Kier alpha value is -0.770. The smallest absolute Gasteiger partial charge is 0.329 e. The number of hydrogen-bond acceptors (Lipinski definition) is 2. The highest BCUT2D eigenvalue weighted by atomic mass is 16.2. The van der Waals surface area contributed by atoms with Crippen LogP contribution in [0.4, 0.5) is 4.79 Å². The van der Waals surface area contributed by atoms with Crippen molar-refractivity contribution in [2.24, 2.45) is 0 Å². The van der Waals surface area contributed by atoms with Gasteiger partial charge in [0.05, 0.1) is 0 Å². The van der Waals surface area contributed by atoms with Gasteiger partial charge in [-0.25, -0.2) is 9.80 Å². The van der Waals surface area contributed by atoms with E-state index in [0.29, 0.717) is 18.1 Å². The SMILES string of the molecule is C[C@@H]1CCC[C@H](C)N1NC(=O)NC1CCCCC1. The monoisotopic (exact) mass is 253 g/mol. The molecule has 4 heteroatoms. The summed E-state index contributed by atoms with van der Waals surface area (Å²) in [7, 11) is 0. The van der Waals surface area contributed by atoms with Crippen LogP contribution in [0.2, 0.25) is 0 Å². The van der Waals surface area contributed by atoms with Gasteiger partial charge in [-0.05, 0) is 39.5 Å². The van der Waals surface area contributed by atoms with Crippen LogP contribution in [0.5, 0.6) is 0 Å². The van der Waals surface area contributed by atoms with Gasteiger partial charge in [0.1, 0.15) is 0 Å². The summed E-state index contributed by atoms with van der Waals surface area (Å²) in [6.45, 7) is 4.38. The largest absolute Gasteiger partial charge is 0.334 e. The first-order valence-electron chi connectivity index (χ1n) is 7.52. The summed E-state index contributed by atoms with van der Waals surface area (Å²) in [5.74, 6) is 0. The zero-order chi connectivity index (χ0) is 13.0. The van der Waals surface area contributed by atoms with Crippen molar-refractivity contribution in [1.82, 2.24) is 15.8 Å². The van der Waals surface area contributed by atoms with Gasteiger partial charge >= 0.3 is 6.03 Å². The second-order valence-corrected chi connectivity index (χ2v) is 5.96. The van der Waals surface area contributed by atoms with Crippen LogP contribution in [-0.4, -0.2) is 29.2 Å². The maximum Gasteiger partial charge on any atom is 0.329 e. The predicted octanol–water partition coefficient (Wildman–Crippen LogP) is 2.80. The van der Waals surface area contributed by atoms with Crippen molar-refractivity contribution in [3.05, 3.63) is 0 Å². The number of hydrogen-bond donors (Lipinski definition) is 2. The lowest BCUT2D eigenvalue weighted by Gasteiger charge is -2.39. The number of hydrazine groups is 1. The summed E-state index contributed by atoms with van der Waals surface area (Å²) in [6.07, 6.45) is 9.72. The Bertz CT molecular complexity index is 266. The molecule has 2 aliphatic rings. The normalized spacial score (nSPS) is 31.0. The molecular weight excluding hydrogens is 226 g/mol. The second-order valence-electron chi connectivity index (χ2n) is 5.96. The van der Waals surface area contributed by atoms with Crippen molar-refractivity contribution in [3.63, 3.8) is 0 Å². The van der Waals surface area contributed by atoms with E-state index in [0.717, 1.165) is 12.8 Å². The fourth-order valence-electron chi connectivity index (χ4n) is 3.22. The van der Waals surface area contributed by atoms with Gasteiger partial charge in [-0.1, -0.05) is 25.7 Å². The molecular formula is C14H27N3O. The Morgan fingerprint density at radius 1 is 0.944 bits per heavy atom. The Morgan fingerprint density at radius 3 is 2.17 bits per heavy atom. The number of amides is 2. The Kier molecular flexibility index (Phi) is 4.87. The Morgan fingerprint density at radius 2 is 1.56 bits per heavy atom. The molecule has 2 fully saturated rings. The molecule has 1 heterocycles. The van der Waals surface area contributed by atoms with Crippen LogP contribution in [0, 0.1) is 0 Å². The average Bonchev–Trinajstić information content (AvgIpc) is 2.35. The molecule has 0 aromatic rings. The van der Waals surface area contributed by atoms with Gasteiger partial charge in [0.2, 0.25) is 0 Å². The number of rotatable bonds is 2. The van der Waals surface area contributed by atoms with E-state index >= 15 is 0 Å². The number of nitrogens with one attached hydrogen (secondary N) is 2. The van der Waals surface area contributed by atoms with Gasteiger partial charge in [0, 0.05) is 18.1 Å². The van der Waals surface area contributed by atoms with E-state index in [9.17, 15) is 4.79 Å². The minimum absolute atomic E-state index is 0.0116. The Balaban J connectivity index is 1.78. The molecule has 2 amide bonds. The molecule has 1 aliphatic heterocycles. The van der Waals surface area contributed by atoms with E-state index in [1.807, 2.05) is 0 Å². The van der Waals surface area contributed by atoms with Crippen LogP contribution in [0.15, 0.2) is 0 Å². The maximum atomic E-state index is 12.0. The molecule has 1 aliphatic carbocycles. The minimum atomic E-state index is -0.0116. The van der Waals surface area contributed by atoms with Crippen LogP contribution >= 0.6 is 0 Å².